The molecule has 23 heavy (non-hydrogen) atoms. The average molecular weight is 367 g/mol. The number of carbonyl (C=O) groups is 2. The van der Waals surface area contributed by atoms with E-state index in [1.165, 1.54) is 4.90 Å². The summed E-state index contributed by atoms with van der Waals surface area (Å²) in [6.45, 7) is 6.39. The SMILES string of the molecule is CC(C)(C)OC(=O)N1CCCC1CN1CC(S(=O)(=O)Cl)CC1=O. The monoisotopic (exact) mass is 366 g/mol. The molecule has 2 aliphatic rings. The quantitative estimate of drug-likeness (QED) is 0.707. The Morgan fingerprint density at radius 1 is 1.39 bits per heavy atom. The lowest BCUT2D eigenvalue weighted by atomic mass is 10.2. The number of rotatable bonds is 3. The fourth-order valence-corrected chi connectivity index (χ4v) is 4.00. The molecule has 0 saturated carbocycles. The van der Waals surface area contributed by atoms with Gasteiger partial charge in [-0.05, 0) is 33.6 Å². The van der Waals surface area contributed by atoms with Gasteiger partial charge in [-0.2, -0.15) is 0 Å². The van der Waals surface area contributed by atoms with Gasteiger partial charge in [0.15, 0.2) is 0 Å². The van der Waals surface area contributed by atoms with Crippen molar-refractivity contribution in [3.8, 4) is 0 Å². The fraction of sp³-hybridized carbons (Fsp3) is 0.857. The van der Waals surface area contributed by atoms with E-state index in [1.54, 1.807) is 25.7 Å². The second-order valence-electron chi connectivity index (χ2n) is 7.07. The first-order chi connectivity index (χ1) is 10.5. The summed E-state index contributed by atoms with van der Waals surface area (Å²) < 4.78 is 28.2. The van der Waals surface area contributed by atoms with Crippen molar-refractivity contribution in [3.63, 3.8) is 0 Å². The molecule has 2 fully saturated rings. The highest BCUT2D eigenvalue weighted by Gasteiger charge is 2.40. The molecule has 132 valence electrons. The molecular weight excluding hydrogens is 344 g/mol. The Bertz CT molecular complexity index is 586. The third kappa shape index (κ3) is 4.73. The van der Waals surface area contributed by atoms with Gasteiger partial charge < -0.3 is 14.5 Å². The van der Waals surface area contributed by atoms with Crippen molar-refractivity contribution in [2.45, 2.75) is 56.9 Å². The van der Waals surface area contributed by atoms with E-state index in [0.29, 0.717) is 13.1 Å². The Kier molecular flexibility index (Phi) is 5.15. The van der Waals surface area contributed by atoms with Crippen LogP contribution in [0.5, 0.6) is 0 Å². The van der Waals surface area contributed by atoms with Gasteiger partial charge in [-0.25, -0.2) is 13.2 Å². The zero-order chi connectivity index (χ0) is 17.4. The molecule has 2 heterocycles. The number of amides is 2. The van der Waals surface area contributed by atoms with E-state index < -0.39 is 26.0 Å². The summed E-state index contributed by atoms with van der Waals surface area (Å²) in [5.74, 6) is -0.240. The number of hydrogen-bond donors (Lipinski definition) is 0. The van der Waals surface area contributed by atoms with Crippen LogP contribution in [0.3, 0.4) is 0 Å². The van der Waals surface area contributed by atoms with Crippen molar-refractivity contribution in [2.24, 2.45) is 0 Å². The van der Waals surface area contributed by atoms with Crippen LogP contribution in [0.1, 0.15) is 40.0 Å². The summed E-state index contributed by atoms with van der Waals surface area (Å²) in [6, 6.07) is -0.148. The minimum atomic E-state index is -3.75. The molecule has 2 amide bonds. The standard InChI is InChI=1S/C14H23ClN2O5S/c1-14(2,3)22-13(19)17-6-4-5-10(17)8-16-9-11(7-12(16)18)23(15,20)21/h10-11H,4-9H2,1-3H3. The van der Waals surface area contributed by atoms with Crippen LogP contribution in [0.4, 0.5) is 4.79 Å². The normalized spacial score (nSPS) is 26.0. The lowest BCUT2D eigenvalue weighted by molar-refractivity contribution is -0.128. The smallest absolute Gasteiger partial charge is 0.410 e. The van der Waals surface area contributed by atoms with Gasteiger partial charge in [-0.3, -0.25) is 4.79 Å². The third-order valence-corrected chi connectivity index (χ3v) is 5.88. The Balaban J connectivity index is 1.99. The maximum Gasteiger partial charge on any atom is 0.410 e. The second kappa shape index (κ2) is 6.47. The van der Waals surface area contributed by atoms with Gasteiger partial charge in [0.05, 0.1) is 6.04 Å². The second-order valence-corrected chi connectivity index (χ2v) is 9.98. The Hall–Kier alpha value is -1.02. The number of halogens is 1. The number of hydrogen-bond acceptors (Lipinski definition) is 5. The van der Waals surface area contributed by atoms with E-state index in [0.717, 1.165) is 12.8 Å². The van der Waals surface area contributed by atoms with Crippen molar-refractivity contribution in [1.29, 1.82) is 0 Å². The van der Waals surface area contributed by atoms with Crippen molar-refractivity contribution in [3.05, 3.63) is 0 Å². The van der Waals surface area contributed by atoms with Crippen LogP contribution < -0.4 is 0 Å². The molecule has 2 unspecified atom stereocenters. The van der Waals surface area contributed by atoms with E-state index in [9.17, 15) is 18.0 Å². The topological polar surface area (TPSA) is 84.0 Å². The molecule has 2 rings (SSSR count). The predicted molar refractivity (Wildman–Crippen MR) is 85.7 cm³/mol. The maximum atomic E-state index is 12.2. The predicted octanol–water partition coefficient (Wildman–Crippen LogP) is 1.56. The van der Waals surface area contributed by atoms with Gasteiger partial charge >= 0.3 is 6.09 Å². The molecule has 0 aromatic rings. The first kappa shape index (κ1) is 18.3. The summed E-state index contributed by atoms with van der Waals surface area (Å²) in [5, 5.41) is -0.868. The number of carbonyl (C=O) groups excluding carboxylic acids is 2. The zero-order valence-electron chi connectivity index (χ0n) is 13.6. The van der Waals surface area contributed by atoms with Gasteiger partial charge in [-0.15, -0.1) is 0 Å². The minimum Gasteiger partial charge on any atom is -0.444 e. The summed E-state index contributed by atoms with van der Waals surface area (Å²) in [5.41, 5.74) is -0.578. The van der Waals surface area contributed by atoms with E-state index in [-0.39, 0.29) is 24.9 Å². The number of ether oxygens (including phenoxy) is 1. The van der Waals surface area contributed by atoms with Crippen molar-refractivity contribution < 1.29 is 22.7 Å². The van der Waals surface area contributed by atoms with Crippen molar-refractivity contribution in [1.82, 2.24) is 9.80 Å². The molecule has 9 heteroatoms. The highest BCUT2D eigenvalue weighted by atomic mass is 35.7. The fourth-order valence-electron chi connectivity index (χ4n) is 2.94. The van der Waals surface area contributed by atoms with Crippen LogP contribution >= 0.6 is 10.7 Å². The molecular formula is C14H23ClN2O5S. The van der Waals surface area contributed by atoms with E-state index >= 15 is 0 Å². The van der Waals surface area contributed by atoms with E-state index in [2.05, 4.69) is 0 Å². The molecule has 0 spiro atoms. The van der Waals surface area contributed by atoms with E-state index in [1.807, 2.05) is 0 Å². The van der Waals surface area contributed by atoms with Crippen LogP contribution in [-0.4, -0.2) is 66.7 Å². The molecule has 0 aromatic heterocycles. The maximum absolute atomic E-state index is 12.2. The largest absolute Gasteiger partial charge is 0.444 e. The molecule has 2 aliphatic heterocycles. The van der Waals surface area contributed by atoms with Crippen LogP contribution in [0.25, 0.3) is 0 Å². The highest BCUT2D eigenvalue weighted by molar-refractivity contribution is 8.14. The van der Waals surface area contributed by atoms with Crippen LogP contribution in [0.15, 0.2) is 0 Å². The Morgan fingerprint density at radius 3 is 2.57 bits per heavy atom. The van der Waals surface area contributed by atoms with Crippen LogP contribution in [-0.2, 0) is 18.6 Å². The summed E-state index contributed by atoms with van der Waals surface area (Å²) >= 11 is 0. The molecule has 7 nitrogen and oxygen atoms in total. The van der Waals surface area contributed by atoms with E-state index in [4.69, 9.17) is 15.4 Å². The van der Waals surface area contributed by atoms with Gasteiger partial charge in [-0.1, -0.05) is 0 Å². The van der Waals surface area contributed by atoms with Gasteiger partial charge in [0.25, 0.3) is 0 Å². The molecule has 2 saturated heterocycles. The molecule has 0 N–H and O–H groups in total. The van der Waals surface area contributed by atoms with Crippen LogP contribution in [0, 0.1) is 0 Å². The van der Waals surface area contributed by atoms with Crippen molar-refractivity contribution in [2.75, 3.05) is 19.6 Å². The summed E-state index contributed by atoms with van der Waals surface area (Å²) in [6.07, 6.45) is 1.11. The highest BCUT2D eigenvalue weighted by Crippen LogP contribution is 2.26. The lowest BCUT2D eigenvalue weighted by Gasteiger charge is -2.30. The van der Waals surface area contributed by atoms with Crippen LogP contribution in [0.2, 0.25) is 0 Å². The molecule has 2 atom stereocenters. The number of likely N-dealkylation sites (tertiary alicyclic amines) is 2. The van der Waals surface area contributed by atoms with Crippen molar-refractivity contribution >= 4 is 31.7 Å². The zero-order valence-corrected chi connectivity index (χ0v) is 15.2. The third-order valence-electron chi connectivity index (χ3n) is 4.01. The first-order valence-electron chi connectivity index (χ1n) is 7.68. The lowest BCUT2D eigenvalue weighted by Crippen LogP contribution is -2.45. The summed E-state index contributed by atoms with van der Waals surface area (Å²) in [4.78, 5) is 27.3. The van der Waals surface area contributed by atoms with Gasteiger partial charge in [0.1, 0.15) is 10.9 Å². The number of nitrogens with zero attached hydrogens (tertiary/aromatic N) is 2. The first-order valence-corrected chi connectivity index (χ1v) is 10.1. The molecule has 0 aromatic carbocycles. The van der Waals surface area contributed by atoms with Gasteiger partial charge in [0.2, 0.25) is 15.0 Å². The molecule has 0 radical (unpaired) electrons. The average Bonchev–Trinajstić information content (AvgIpc) is 2.95. The minimum absolute atomic E-state index is 0.0866. The van der Waals surface area contributed by atoms with Gasteiger partial charge in [0, 0.05) is 36.7 Å². The molecule has 0 aliphatic carbocycles. The molecule has 0 bridgehead atoms. The Labute approximate surface area is 141 Å². The Morgan fingerprint density at radius 2 is 2.04 bits per heavy atom. The summed E-state index contributed by atoms with van der Waals surface area (Å²) in [7, 11) is 1.60.